The van der Waals surface area contributed by atoms with Crippen LogP contribution < -0.4 is 5.32 Å². The molecular weight excluding hydrogens is 233 g/mol. The lowest BCUT2D eigenvalue weighted by molar-refractivity contribution is 0.0237. The summed E-state index contributed by atoms with van der Waals surface area (Å²) in [7, 11) is 0. The van der Waals surface area contributed by atoms with Gasteiger partial charge in [-0.1, -0.05) is 0 Å². The number of H-pyrrole nitrogens is 1. The fourth-order valence-electron chi connectivity index (χ4n) is 1.49. The highest BCUT2D eigenvalue weighted by atomic mass is 19.1. The van der Waals surface area contributed by atoms with Crippen molar-refractivity contribution in [3.8, 4) is 0 Å². The molecule has 0 atom stereocenters. The molecule has 0 aliphatic heterocycles. The molecule has 4 nitrogen and oxygen atoms in total. The molecule has 0 bridgehead atoms. The summed E-state index contributed by atoms with van der Waals surface area (Å²) in [6, 6.07) is 4.38. The van der Waals surface area contributed by atoms with Crippen LogP contribution >= 0.6 is 0 Å². The highest BCUT2D eigenvalue weighted by Gasteiger charge is 2.35. The molecule has 18 heavy (non-hydrogen) atoms. The fraction of sp³-hybridized carbons (Fsp3) is 0.462. The van der Waals surface area contributed by atoms with Gasteiger partial charge in [0.05, 0.1) is 22.2 Å². The first-order valence-electron chi connectivity index (χ1n) is 5.85. The van der Waals surface area contributed by atoms with Crippen molar-refractivity contribution < 1.29 is 9.50 Å². The minimum absolute atomic E-state index is 0.306. The van der Waals surface area contributed by atoms with Crippen LogP contribution in [0.3, 0.4) is 0 Å². The molecule has 1 aromatic heterocycles. The van der Waals surface area contributed by atoms with Gasteiger partial charge in [0.2, 0.25) is 5.95 Å². The molecule has 2 rings (SSSR count). The van der Waals surface area contributed by atoms with Crippen molar-refractivity contribution in [3.63, 3.8) is 0 Å². The Balaban J connectivity index is 2.33. The minimum Gasteiger partial charge on any atom is -0.388 e. The highest BCUT2D eigenvalue weighted by molar-refractivity contribution is 5.77. The smallest absolute Gasteiger partial charge is 0.201 e. The first-order chi connectivity index (χ1) is 8.19. The molecule has 3 N–H and O–H groups in total. The van der Waals surface area contributed by atoms with Crippen LogP contribution in [0, 0.1) is 5.82 Å². The topological polar surface area (TPSA) is 60.9 Å². The van der Waals surface area contributed by atoms with E-state index in [9.17, 15) is 9.50 Å². The van der Waals surface area contributed by atoms with Crippen LogP contribution in [0.2, 0.25) is 0 Å². The molecule has 98 valence electrons. The van der Waals surface area contributed by atoms with Crippen molar-refractivity contribution in [1.29, 1.82) is 0 Å². The Bertz CT molecular complexity index is 569. The van der Waals surface area contributed by atoms with Crippen LogP contribution in [0.5, 0.6) is 0 Å². The van der Waals surface area contributed by atoms with Gasteiger partial charge in [-0.3, -0.25) is 0 Å². The molecular formula is C13H18FN3O. The van der Waals surface area contributed by atoms with E-state index in [0.717, 1.165) is 0 Å². The predicted molar refractivity (Wildman–Crippen MR) is 70.1 cm³/mol. The Morgan fingerprint density at radius 1 is 1.28 bits per heavy atom. The molecule has 2 aromatic rings. The Labute approximate surface area is 105 Å². The van der Waals surface area contributed by atoms with E-state index in [-0.39, 0.29) is 5.82 Å². The number of halogens is 1. The summed E-state index contributed by atoms with van der Waals surface area (Å²) < 4.78 is 13.1. The van der Waals surface area contributed by atoms with Gasteiger partial charge in [-0.15, -0.1) is 0 Å². The number of hydrogen-bond acceptors (Lipinski definition) is 3. The van der Waals surface area contributed by atoms with Crippen LogP contribution in [0.1, 0.15) is 27.7 Å². The van der Waals surface area contributed by atoms with Gasteiger partial charge in [0.25, 0.3) is 0 Å². The molecule has 0 spiro atoms. The summed E-state index contributed by atoms with van der Waals surface area (Å²) in [4.78, 5) is 7.30. The molecule has 0 saturated heterocycles. The lowest BCUT2D eigenvalue weighted by Crippen LogP contribution is -2.51. The van der Waals surface area contributed by atoms with Crippen molar-refractivity contribution in [2.24, 2.45) is 0 Å². The molecule has 0 saturated carbocycles. The summed E-state index contributed by atoms with van der Waals surface area (Å²) in [6.07, 6.45) is 0. The average Bonchev–Trinajstić information content (AvgIpc) is 2.56. The second-order valence-electron chi connectivity index (χ2n) is 5.56. The van der Waals surface area contributed by atoms with E-state index in [1.54, 1.807) is 19.9 Å². The third-order valence-electron chi connectivity index (χ3n) is 3.40. The Morgan fingerprint density at radius 2 is 1.94 bits per heavy atom. The lowest BCUT2D eigenvalue weighted by Gasteiger charge is -2.37. The average molecular weight is 251 g/mol. The Morgan fingerprint density at radius 3 is 2.56 bits per heavy atom. The van der Waals surface area contributed by atoms with Gasteiger partial charge in [-0.2, -0.15) is 0 Å². The molecule has 0 aliphatic carbocycles. The molecule has 0 aliphatic rings. The number of fused-ring (bicyclic) bond motifs is 1. The second kappa shape index (κ2) is 3.95. The monoisotopic (exact) mass is 251 g/mol. The van der Waals surface area contributed by atoms with E-state index in [0.29, 0.717) is 17.0 Å². The summed E-state index contributed by atoms with van der Waals surface area (Å²) >= 11 is 0. The van der Waals surface area contributed by atoms with Crippen molar-refractivity contribution in [1.82, 2.24) is 9.97 Å². The number of benzene rings is 1. The van der Waals surface area contributed by atoms with Crippen LogP contribution in [0.4, 0.5) is 10.3 Å². The lowest BCUT2D eigenvalue weighted by atomic mass is 9.86. The van der Waals surface area contributed by atoms with Crippen LogP contribution in [0.15, 0.2) is 18.2 Å². The van der Waals surface area contributed by atoms with Gasteiger partial charge in [0, 0.05) is 0 Å². The normalized spacial score (nSPS) is 13.0. The zero-order chi connectivity index (χ0) is 13.6. The number of imidazole rings is 1. The van der Waals surface area contributed by atoms with Crippen LogP contribution in [-0.2, 0) is 0 Å². The van der Waals surface area contributed by atoms with Crippen molar-refractivity contribution >= 4 is 17.0 Å². The zero-order valence-corrected chi connectivity index (χ0v) is 11.0. The van der Waals surface area contributed by atoms with Gasteiger partial charge in [0.15, 0.2) is 0 Å². The second-order valence-corrected chi connectivity index (χ2v) is 5.56. The Kier molecular flexibility index (Phi) is 2.81. The predicted octanol–water partition coefficient (Wildman–Crippen LogP) is 2.66. The van der Waals surface area contributed by atoms with Gasteiger partial charge >= 0.3 is 0 Å². The number of rotatable bonds is 3. The maximum absolute atomic E-state index is 13.1. The number of nitrogens with one attached hydrogen (secondary N) is 2. The zero-order valence-electron chi connectivity index (χ0n) is 11.0. The SMILES string of the molecule is CC(C)(O)C(C)(C)Nc1nc2ccc(F)cc2[nH]1. The van der Waals surface area contributed by atoms with E-state index in [1.165, 1.54) is 12.1 Å². The molecule has 5 heteroatoms. The van der Waals surface area contributed by atoms with Crippen molar-refractivity contribution in [2.75, 3.05) is 5.32 Å². The maximum atomic E-state index is 13.1. The Hall–Kier alpha value is -1.62. The summed E-state index contributed by atoms with van der Waals surface area (Å²) in [6.45, 7) is 7.20. The molecule has 0 radical (unpaired) electrons. The third kappa shape index (κ3) is 2.31. The van der Waals surface area contributed by atoms with Gasteiger partial charge < -0.3 is 15.4 Å². The number of hydrogen-bond donors (Lipinski definition) is 3. The number of aromatic nitrogens is 2. The van der Waals surface area contributed by atoms with Crippen molar-refractivity contribution in [2.45, 2.75) is 38.8 Å². The van der Waals surface area contributed by atoms with E-state index >= 15 is 0 Å². The number of anilines is 1. The van der Waals surface area contributed by atoms with Gasteiger partial charge in [0.1, 0.15) is 5.82 Å². The minimum atomic E-state index is -0.919. The first kappa shape index (κ1) is 12.8. The van der Waals surface area contributed by atoms with E-state index < -0.39 is 11.1 Å². The van der Waals surface area contributed by atoms with E-state index in [4.69, 9.17) is 0 Å². The van der Waals surface area contributed by atoms with Crippen molar-refractivity contribution in [3.05, 3.63) is 24.0 Å². The molecule has 0 fully saturated rings. The number of aromatic amines is 1. The third-order valence-corrected chi connectivity index (χ3v) is 3.40. The largest absolute Gasteiger partial charge is 0.388 e. The standard InChI is InChI=1S/C13H18FN3O/c1-12(2,13(3,4)18)17-11-15-9-6-5-8(14)7-10(9)16-11/h5-7,18H,1-4H3,(H2,15,16,17). The molecule has 0 amide bonds. The fourth-order valence-corrected chi connectivity index (χ4v) is 1.49. The van der Waals surface area contributed by atoms with E-state index in [1.807, 2.05) is 13.8 Å². The number of nitrogens with zero attached hydrogens (tertiary/aromatic N) is 1. The van der Waals surface area contributed by atoms with Gasteiger partial charge in [-0.25, -0.2) is 9.37 Å². The summed E-state index contributed by atoms with van der Waals surface area (Å²) in [5, 5.41) is 13.2. The van der Waals surface area contributed by atoms with Gasteiger partial charge in [-0.05, 0) is 45.9 Å². The maximum Gasteiger partial charge on any atom is 0.201 e. The molecule has 1 aromatic carbocycles. The summed E-state index contributed by atoms with van der Waals surface area (Å²) in [5.41, 5.74) is -0.175. The molecule has 0 unspecified atom stereocenters. The quantitative estimate of drug-likeness (QED) is 0.786. The molecule has 1 heterocycles. The van der Waals surface area contributed by atoms with Crippen LogP contribution in [-0.4, -0.2) is 26.2 Å². The first-order valence-corrected chi connectivity index (χ1v) is 5.85. The number of aliphatic hydroxyl groups is 1. The van der Waals surface area contributed by atoms with E-state index in [2.05, 4.69) is 15.3 Å². The highest BCUT2D eigenvalue weighted by Crippen LogP contribution is 2.25. The van der Waals surface area contributed by atoms with Crippen LogP contribution in [0.25, 0.3) is 11.0 Å². The summed E-state index contributed by atoms with van der Waals surface area (Å²) in [5.74, 6) is 0.210.